The standard InChI is InChI=1S/C8H11ClN4/c1-5-7(9)8(13-12-5)6-2-3-10-4-11-6/h2-5,7-8,12-13H,1H3. The lowest BCUT2D eigenvalue weighted by molar-refractivity contribution is 0.553. The average molecular weight is 199 g/mol. The molecule has 4 nitrogen and oxygen atoms in total. The Balaban J connectivity index is 2.19. The molecule has 13 heavy (non-hydrogen) atoms. The summed E-state index contributed by atoms with van der Waals surface area (Å²) in [6.07, 6.45) is 3.25. The van der Waals surface area contributed by atoms with Crippen molar-refractivity contribution >= 4 is 11.6 Å². The van der Waals surface area contributed by atoms with Crippen LogP contribution in [0.2, 0.25) is 0 Å². The fourth-order valence-corrected chi connectivity index (χ4v) is 1.65. The molecule has 1 aromatic heterocycles. The van der Waals surface area contributed by atoms with Crippen molar-refractivity contribution < 1.29 is 0 Å². The second-order valence-electron chi connectivity index (χ2n) is 3.13. The van der Waals surface area contributed by atoms with Gasteiger partial charge in [0.05, 0.1) is 17.1 Å². The van der Waals surface area contributed by atoms with E-state index < -0.39 is 0 Å². The first-order valence-corrected chi connectivity index (χ1v) is 4.63. The SMILES string of the molecule is CC1NNC(c2ccncn2)C1Cl. The highest BCUT2D eigenvalue weighted by Crippen LogP contribution is 2.24. The van der Waals surface area contributed by atoms with Crippen LogP contribution in [0.4, 0.5) is 0 Å². The van der Waals surface area contributed by atoms with Crippen LogP contribution in [0.3, 0.4) is 0 Å². The Labute approximate surface area is 81.7 Å². The van der Waals surface area contributed by atoms with Gasteiger partial charge in [-0.2, -0.15) is 0 Å². The molecule has 2 rings (SSSR count). The van der Waals surface area contributed by atoms with Crippen molar-refractivity contribution in [3.8, 4) is 0 Å². The van der Waals surface area contributed by atoms with E-state index in [9.17, 15) is 0 Å². The van der Waals surface area contributed by atoms with Gasteiger partial charge in [-0.3, -0.25) is 5.43 Å². The van der Waals surface area contributed by atoms with Crippen molar-refractivity contribution in [1.82, 2.24) is 20.8 Å². The second kappa shape index (κ2) is 3.57. The summed E-state index contributed by atoms with van der Waals surface area (Å²) in [4.78, 5) is 8.01. The lowest BCUT2D eigenvalue weighted by Gasteiger charge is -2.12. The summed E-state index contributed by atoms with van der Waals surface area (Å²) in [6, 6.07) is 2.19. The monoisotopic (exact) mass is 198 g/mol. The van der Waals surface area contributed by atoms with Crippen LogP contribution in [0, 0.1) is 0 Å². The Morgan fingerprint density at radius 3 is 2.85 bits per heavy atom. The van der Waals surface area contributed by atoms with E-state index in [0.717, 1.165) is 5.69 Å². The number of rotatable bonds is 1. The van der Waals surface area contributed by atoms with Gasteiger partial charge in [0, 0.05) is 12.2 Å². The highest BCUT2D eigenvalue weighted by molar-refractivity contribution is 6.21. The summed E-state index contributed by atoms with van der Waals surface area (Å²) in [5.74, 6) is 0. The summed E-state index contributed by atoms with van der Waals surface area (Å²) in [5.41, 5.74) is 7.10. The van der Waals surface area contributed by atoms with Crippen LogP contribution in [0.5, 0.6) is 0 Å². The van der Waals surface area contributed by atoms with Crippen molar-refractivity contribution in [2.45, 2.75) is 24.4 Å². The molecule has 3 unspecified atom stereocenters. The van der Waals surface area contributed by atoms with E-state index in [1.807, 2.05) is 13.0 Å². The first-order valence-electron chi connectivity index (χ1n) is 4.20. The average Bonchev–Trinajstić information content (AvgIpc) is 2.49. The van der Waals surface area contributed by atoms with Crippen LogP contribution in [0.1, 0.15) is 18.7 Å². The van der Waals surface area contributed by atoms with Crippen LogP contribution < -0.4 is 10.9 Å². The maximum atomic E-state index is 6.18. The zero-order valence-corrected chi connectivity index (χ0v) is 7.99. The minimum Gasteiger partial charge on any atom is -0.253 e. The van der Waals surface area contributed by atoms with Gasteiger partial charge in [-0.15, -0.1) is 11.6 Å². The molecule has 1 fully saturated rings. The molecule has 0 saturated carbocycles. The molecule has 2 heterocycles. The number of halogens is 1. The molecule has 1 aliphatic heterocycles. The van der Waals surface area contributed by atoms with E-state index in [0.29, 0.717) is 0 Å². The lowest BCUT2D eigenvalue weighted by Crippen LogP contribution is -2.29. The van der Waals surface area contributed by atoms with Crippen molar-refractivity contribution in [1.29, 1.82) is 0 Å². The van der Waals surface area contributed by atoms with Gasteiger partial charge in [-0.05, 0) is 13.0 Å². The van der Waals surface area contributed by atoms with Gasteiger partial charge in [0.15, 0.2) is 0 Å². The third-order valence-corrected chi connectivity index (χ3v) is 2.82. The highest BCUT2D eigenvalue weighted by atomic mass is 35.5. The Bertz CT molecular complexity index is 279. The van der Waals surface area contributed by atoms with Crippen molar-refractivity contribution in [3.05, 3.63) is 24.3 Å². The molecule has 3 atom stereocenters. The summed E-state index contributed by atoms with van der Waals surface area (Å²) < 4.78 is 0. The molecular formula is C8H11ClN4. The van der Waals surface area contributed by atoms with Gasteiger partial charge in [-0.25, -0.2) is 15.4 Å². The molecule has 0 amide bonds. The van der Waals surface area contributed by atoms with Crippen LogP contribution in [0.15, 0.2) is 18.6 Å². The van der Waals surface area contributed by atoms with Crippen molar-refractivity contribution in [2.24, 2.45) is 0 Å². The Morgan fingerprint density at radius 1 is 1.46 bits per heavy atom. The summed E-state index contributed by atoms with van der Waals surface area (Å²) in [7, 11) is 0. The first-order chi connectivity index (χ1) is 6.29. The molecule has 0 radical (unpaired) electrons. The van der Waals surface area contributed by atoms with Gasteiger partial charge in [-0.1, -0.05) is 0 Å². The quantitative estimate of drug-likeness (QED) is 0.650. The topological polar surface area (TPSA) is 49.8 Å². The summed E-state index contributed by atoms with van der Waals surface area (Å²) in [5, 5.41) is 0.0231. The molecule has 1 saturated heterocycles. The van der Waals surface area contributed by atoms with E-state index in [-0.39, 0.29) is 17.5 Å². The molecule has 0 bridgehead atoms. The van der Waals surface area contributed by atoms with Gasteiger partial charge in [0.25, 0.3) is 0 Å². The van der Waals surface area contributed by atoms with Crippen molar-refractivity contribution in [2.75, 3.05) is 0 Å². The predicted molar refractivity (Wildman–Crippen MR) is 50.1 cm³/mol. The number of aromatic nitrogens is 2. The Hall–Kier alpha value is -0.710. The van der Waals surface area contributed by atoms with Crippen LogP contribution in [0.25, 0.3) is 0 Å². The third kappa shape index (κ3) is 1.65. The zero-order valence-electron chi connectivity index (χ0n) is 7.24. The molecule has 2 N–H and O–H groups in total. The largest absolute Gasteiger partial charge is 0.253 e. The number of nitrogens with one attached hydrogen (secondary N) is 2. The van der Waals surface area contributed by atoms with Gasteiger partial charge >= 0.3 is 0 Å². The lowest BCUT2D eigenvalue weighted by atomic mass is 10.1. The molecule has 1 aromatic rings. The fourth-order valence-electron chi connectivity index (χ4n) is 1.39. The van der Waals surface area contributed by atoms with E-state index in [4.69, 9.17) is 11.6 Å². The van der Waals surface area contributed by atoms with E-state index in [1.165, 1.54) is 6.33 Å². The number of hydrazine groups is 1. The second-order valence-corrected chi connectivity index (χ2v) is 3.64. The van der Waals surface area contributed by atoms with Crippen LogP contribution >= 0.6 is 11.6 Å². The minimum absolute atomic E-state index is 0.0231. The zero-order chi connectivity index (χ0) is 9.26. The van der Waals surface area contributed by atoms with E-state index >= 15 is 0 Å². The first kappa shape index (κ1) is 8.87. The Morgan fingerprint density at radius 2 is 2.31 bits per heavy atom. The highest BCUT2D eigenvalue weighted by Gasteiger charge is 2.32. The van der Waals surface area contributed by atoms with E-state index in [1.54, 1.807) is 6.20 Å². The van der Waals surface area contributed by atoms with Gasteiger partial charge in [0.2, 0.25) is 0 Å². The number of hydrogen-bond donors (Lipinski definition) is 2. The van der Waals surface area contributed by atoms with Crippen molar-refractivity contribution in [3.63, 3.8) is 0 Å². The maximum Gasteiger partial charge on any atom is 0.115 e. The number of hydrogen-bond acceptors (Lipinski definition) is 4. The third-order valence-electron chi connectivity index (χ3n) is 2.19. The molecule has 1 aliphatic rings. The molecule has 0 aromatic carbocycles. The van der Waals surface area contributed by atoms with Gasteiger partial charge < -0.3 is 0 Å². The van der Waals surface area contributed by atoms with Crippen LogP contribution in [-0.4, -0.2) is 21.4 Å². The van der Waals surface area contributed by atoms with Crippen LogP contribution in [-0.2, 0) is 0 Å². The summed E-state index contributed by atoms with van der Waals surface area (Å²) in [6.45, 7) is 2.03. The molecule has 5 heteroatoms. The predicted octanol–water partition coefficient (Wildman–Crippen LogP) is 0.621. The maximum absolute atomic E-state index is 6.18. The van der Waals surface area contributed by atoms with E-state index in [2.05, 4.69) is 20.8 Å². The Kier molecular flexibility index (Phi) is 2.44. The molecule has 0 aliphatic carbocycles. The fraction of sp³-hybridized carbons (Fsp3) is 0.500. The minimum atomic E-state index is 0.0231. The molecule has 70 valence electrons. The molecule has 0 spiro atoms. The smallest absolute Gasteiger partial charge is 0.115 e. The molecular weight excluding hydrogens is 188 g/mol. The van der Waals surface area contributed by atoms with Gasteiger partial charge in [0.1, 0.15) is 6.33 Å². The number of alkyl halides is 1. The number of nitrogens with zero attached hydrogens (tertiary/aromatic N) is 2. The normalized spacial score (nSPS) is 33.5. The summed E-state index contributed by atoms with van der Waals surface area (Å²) >= 11 is 6.18.